The van der Waals surface area contributed by atoms with E-state index in [2.05, 4.69) is 4.98 Å². The molecule has 0 aliphatic carbocycles. The van der Waals surface area contributed by atoms with Crippen LogP contribution in [0, 0.1) is 6.92 Å². The first-order chi connectivity index (χ1) is 10.5. The molecule has 0 fully saturated rings. The fourth-order valence-corrected chi connectivity index (χ4v) is 2.65. The second kappa shape index (κ2) is 5.04. The molecule has 0 aliphatic heterocycles. The van der Waals surface area contributed by atoms with Crippen molar-refractivity contribution in [1.29, 1.82) is 0 Å². The molecule has 5 heteroatoms. The lowest BCUT2D eigenvalue weighted by Crippen LogP contribution is -2.14. The summed E-state index contributed by atoms with van der Waals surface area (Å²) in [5.41, 5.74) is 9.15. The Morgan fingerprint density at radius 2 is 1.91 bits per heavy atom. The van der Waals surface area contributed by atoms with Crippen molar-refractivity contribution < 1.29 is 14.7 Å². The Bertz CT molecular complexity index is 909. The predicted molar refractivity (Wildman–Crippen MR) is 83.9 cm³/mol. The van der Waals surface area contributed by atoms with Crippen molar-refractivity contribution in [2.24, 2.45) is 5.73 Å². The van der Waals surface area contributed by atoms with E-state index >= 15 is 0 Å². The van der Waals surface area contributed by atoms with Crippen LogP contribution in [0.3, 0.4) is 0 Å². The topological polar surface area (TPSA) is 96.2 Å². The van der Waals surface area contributed by atoms with E-state index in [-0.39, 0.29) is 5.69 Å². The zero-order valence-electron chi connectivity index (χ0n) is 11.9. The molecule has 0 atom stereocenters. The zero-order chi connectivity index (χ0) is 15.9. The van der Waals surface area contributed by atoms with Crippen LogP contribution in [0.4, 0.5) is 0 Å². The number of fused-ring (bicyclic) bond motifs is 1. The molecule has 0 aliphatic rings. The van der Waals surface area contributed by atoms with Gasteiger partial charge < -0.3 is 15.8 Å². The number of H-pyrrole nitrogens is 1. The van der Waals surface area contributed by atoms with Crippen molar-refractivity contribution in [1.82, 2.24) is 4.98 Å². The van der Waals surface area contributed by atoms with E-state index < -0.39 is 11.9 Å². The largest absolute Gasteiger partial charge is 0.477 e. The average molecular weight is 294 g/mol. The summed E-state index contributed by atoms with van der Waals surface area (Å²) in [6.45, 7) is 1.83. The second-order valence-corrected chi connectivity index (χ2v) is 5.15. The van der Waals surface area contributed by atoms with E-state index in [1.807, 2.05) is 43.3 Å². The number of hydrogen-bond donors (Lipinski definition) is 3. The Morgan fingerprint density at radius 3 is 2.59 bits per heavy atom. The van der Waals surface area contributed by atoms with Crippen molar-refractivity contribution in [3.63, 3.8) is 0 Å². The van der Waals surface area contributed by atoms with E-state index in [1.54, 1.807) is 6.07 Å². The quantitative estimate of drug-likeness (QED) is 0.693. The first kappa shape index (κ1) is 13.9. The molecule has 0 saturated heterocycles. The number of carbonyl (C=O) groups excluding carboxylic acids is 1. The van der Waals surface area contributed by atoms with Gasteiger partial charge in [0, 0.05) is 16.5 Å². The van der Waals surface area contributed by atoms with Gasteiger partial charge in [-0.1, -0.05) is 30.3 Å². The van der Waals surface area contributed by atoms with Gasteiger partial charge >= 0.3 is 5.97 Å². The Balaban J connectivity index is 2.21. The van der Waals surface area contributed by atoms with Crippen LogP contribution in [0.2, 0.25) is 0 Å². The fraction of sp³-hybridized carbons (Fsp3) is 0.0588. The lowest BCUT2D eigenvalue weighted by atomic mass is 9.95. The number of aromatic carboxylic acids is 1. The van der Waals surface area contributed by atoms with E-state index in [1.165, 1.54) is 0 Å². The maximum atomic E-state index is 11.7. The third-order valence-electron chi connectivity index (χ3n) is 3.68. The number of amides is 1. The zero-order valence-corrected chi connectivity index (χ0v) is 11.9. The van der Waals surface area contributed by atoms with E-state index in [9.17, 15) is 9.59 Å². The van der Waals surface area contributed by atoms with Gasteiger partial charge in [0.05, 0.1) is 0 Å². The van der Waals surface area contributed by atoms with Crippen LogP contribution in [0.25, 0.3) is 22.0 Å². The highest BCUT2D eigenvalue weighted by Gasteiger charge is 2.14. The number of hydrogen-bond acceptors (Lipinski definition) is 2. The molecular formula is C17H14N2O3. The highest BCUT2D eigenvalue weighted by atomic mass is 16.4. The van der Waals surface area contributed by atoms with Crippen LogP contribution in [0.5, 0.6) is 0 Å². The van der Waals surface area contributed by atoms with Crippen LogP contribution < -0.4 is 5.73 Å². The number of benzene rings is 2. The number of carboxylic acids is 1. The first-order valence-electron chi connectivity index (χ1n) is 6.73. The Labute approximate surface area is 126 Å². The third-order valence-corrected chi connectivity index (χ3v) is 3.68. The van der Waals surface area contributed by atoms with Crippen molar-refractivity contribution in [3.05, 3.63) is 59.3 Å². The number of aromatic amines is 1. The van der Waals surface area contributed by atoms with Crippen LogP contribution in [0.15, 0.2) is 42.5 Å². The smallest absolute Gasteiger partial charge is 0.352 e. The Hall–Kier alpha value is -3.08. The van der Waals surface area contributed by atoms with Gasteiger partial charge in [-0.25, -0.2) is 4.79 Å². The minimum absolute atomic E-state index is 0.131. The summed E-state index contributed by atoms with van der Waals surface area (Å²) in [7, 11) is 0. The number of nitrogens with two attached hydrogens (primary N) is 1. The van der Waals surface area contributed by atoms with Gasteiger partial charge in [-0.3, -0.25) is 4.79 Å². The Kier molecular flexibility index (Phi) is 3.18. The number of rotatable bonds is 3. The number of carbonyl (C=O) groups is 2. The lowest BCUT2D eigenvalue weighted by Gasteiger charge is -2.10. The van der Waals surface area contributed by atoms with E-state index in [0.717, 1.165) is 22.1 Å². The maximum Gasteiger partial charge on any atom is 0.352 e. The van der Waals surface area contributed by atoms with E-state index in [4.69, 9.17) is 10.8 Å². The molecule has 0 saturated carbocycles. The van der Waals surface area contributed by atoms with Gasteiger partial charge in [0.2, 0.25) is 5.91 Å². The molecule has 3 aromatic rings. The minimum atomic E-state index is -1.01. The second-order valence-electron chi connectivity index (χ2n) is 5.15. The van der Waals surface area contributed by atoms with Gasteiger partial charge in [-0.2, -0.15) is 0 Å². The van der Waals surface area contributed by atoms with Crippen molar-refractivity contribution in [2.45, 2.75) is 6.92 Å². The molecule has 5 nitrogen and oxygen atoms in total. The SMILES string of the molecule is Cc1cccc(-c2ccc3cc(C(=O)O)[nH]c3c2)c1C(N)=O. The Morgan fingerprint density at radius 1 is 1.14 bits per heavy atom. The van der Waals surface area contributed by atoms with Crippen molar-refractivity contribution >= 4 is 22.8 Å². The molecule has 4 N–H and O–H groups in total. The molecule has 22 heavy (non-hydrogen) atoms. The summed E-state index contributed by atoms with van der Waals surface area (Å²) < 4.78 is 0. The number of aryl methyl sites for hydroxylation is 1. The summed E-state index contributed by atoms with van der Waals surface area (Å²) in [5, 5.41) is 9.83. The summed E-state index contributed by atoms with van der Waals surface area (Å²) in [5.74, 6) is -1.49. The third kappa shape index (κ3) is 2.22. The molecule has 1 amide bonds. The van der Waals surface area contributed by atoms with Crippen LogP contribution in [-0.4, -0.2) is 22.0 Å². The number of aromatic nitrogens is 1. The van der Waals surface area contributed by atoms with Gasteiger partial charge in [0.15, 0.2) is 0 Å². The van der Waals surface area contributed by atoms with Crippen molar-refractivity contribution in [2.75, 3.05) is 0 Å². The molecular weight excluding hydrogens is 280 g/mol. The number of primary amides is 1. The minimum Gasteiger partial charge on any atom is -0.477 e. The van der Waals surface area contributed by atoms with Crippen LogP contribution >= 0.6 is 0 Å². The van der Waals surface area contributed by atoms with Crippen LogP contribution in [-0.2, 0) is 0 Å². The molecule has 0 bridgehead atoms. The molecule has 110 valence electrons. The van der Waals surface area contributed by atoms with Gasteiger partial charge in [0.1, 0.15) is 5.69 Å². The summed E-state index contributed by atoms with van der Waals surface area (Å²) >= 11 is 0. The molecule has 2 aromatic carbocycles. The van der Waals surface area contributed by atoms with Gasteiger partial charge in [-0.05, 0) is 35.7 Å². The summed E-state index contributed by atoms with van der Waals surface area (Å²) in [6.07, 6.45) is 0. The molecule has 0 unspecified atom stereocenters. The molecule has 0 radical (unpaired) electrons. The molecule has 3 rings (SSSR count). The number of carboxylic acid groups (broad SMARTS) is 1. The maximum absolute atomic E-state index is 11.7. The highest BCUT2D eigenvalue weighted by Crippen LogP contribution is 2.29. The summed E-state index contributed by atoms with van der Waals surface area (Å²) in [6, 6.07) is 12.6. The first-order valence-corrected chi connectivity index (χ1v) is 6.73. The molecule has 0 spiro atoms. The predicted octanol–water partition coefficient (Wildman–Crippen LogP) is 2.94. The lowest BCUT2D eigenvalue weighted by molar-refractivity contribution is 0.0691. The molecule has 1 aromatic heterocycles. The molecule has 1 heterocycles. The number of nitrogens with one attached hydrogen (secondary N) is 1. The monoisotopic (exact) mass is 294 g/mol. The summed E-state index contributed by atoms with van der Waals surface area (Å²) in [4.78, 5) is 25.6. The fourth-order valence-electron chi connectivity index (χ4n) is 2.65. The van der Waals surface area contributed by atoms with Crippen LogP contribution in [0.1, 0.15) is 26.4 Å². The highest BCUT2D eigenvalue weighted by molar-refractivity contribution is 6.02. The van der Waals surface area contributed by atoms with Gasteiger partial charge in [-0.15, -0.1) is 0 Å². The van der Waals surface area contributed by atoms with Gasteiger partial charge in [0.25, 0.3) is 0 Å². The van der Waals surface area contributed by atoms with E-state index in [0.29, 0.717) is 11.1 Å². The van der Waals surface area contributed by atoms with Crippen molar-refractivity contribution in [3.8, 4) is 11.1 Å². The normalized spacial score (nSPS) is 10.8. The average Bonchev–Trinajstić information content (AvgIpc) is 2.89. The standard InChI is InChI=1S/C17H14N2O3/c1-9-3-2-4-12(15(9)16(18)20)10-5-6-11-8-14(17(21)22)19-13(11)7-10/h2-8,19H,1H3,(H2,18,20)(H,21,22).